The molecule has 1 aliphatic rings. The maximum atomic E-state index is 12.6. The van der Waals surface area contributed by atoms with E-state index >= 15 is 0 Å². The molecule has 1 atom stereocenters. The highest BCUT2D eigenvalue weighted by molar-refractivity contribution is 7.16. The van der Waals surface area contributed by atoms with E-state index in [2.05, 4.69) is 11.4 Å². The number of thiophene rings is 1. The van der Waals surface area contributed by atoms with Crippen molar-refractivity contribution in [2.24, 2.45) is 0 Å². The van der Waals surface area contributed by atoms with Gasteiger partial charge < -0.3 is 10.1 Å². The number of amides is 1. The molecule has 1 heterocycles. The molecule has 0 unspecified atom stereocenters. The van der Waals surface area contributed by atoms with E-state index in [1.54, 1.807) is 25.1 Å². The zero-order valence-corrected chi connectivity index (χ0v) is 17.3. The molecule has 3 rings (SSSR count). The number of hydrogen-bond donors (Lipinski definition) is 1. The lowest BCUT2D eigenvalue weighted by molar-refractivity contribution is -0.122. The molecule has 27 heavy (non-hydrogen) atoms. The van der Waals surface area contributed by atoms with Gasteiger partial charge in [-0.05, 0) is 56.4 Å². The van der Waals surface area contributed by atoms with Crippen molar-refractivity contribution in [1.29, 1.82) is 5.26 Å². The molecule has 7 heteroatoms. The molecule has 1 amide bonds. The van der Waals surface area contributed by atoms with Crippen molar-refractivity contribution in [2.75, 3.05) is 5.32 Å². The van der Waals surface area contributed by atoms with Crippen LogP contribution in [-0.4, -0.2) is 12.0 Å². The number of hydrogen-bond acceptors (Lipinski definition) is 4. The van der Waals surface area contributed by atoms with Crippen molar-refractivity contribution in [3.63, 3.8) is 0 Å². The minimum atomic E-state index is -0.764. The molecule has 1 aromatic carbocycles. The van der Waals surface area contributed by atoms with Crippen LogP contribution in [0.15, 0.2) is 18.2 Å². The van der Waals surface area contributed by atoms with Crippen molar-refractivity contribution in [3.8, 4) is 11.8 Å². The van der Waals surface area contributed by atoms with Crippen LogP contribution < -0.4 is 10.1 Å². The maximum absolute atomic E-state index is 12.6. The summed E-state index contributed by atoms with van der Waals surface area (Å²) in [6.07, 6.45) is 5.72. The monoisotopic (exact) mass is 422 g/mol. The molecule has 0 spiro atoms. The van der Waals surface area contributed by atoms with Gasteiger partial charge in [0.15, 0.2) is 6.10 Å². The summed E-state index contributed by atoms with van der Waals surface area (Å²) < 4.78 is 5.67. The van der Waals surface area contributed by atoms with Crippen molar-refractivity contribution in [3.05, 3.63) is 44.2 Å². The number of anilines is 1. The van der Waals surface area contributed by atoms with E-state index in [9.17, 15) is 10.1 Å². The van der Waals surface area contributed by atoms with Gasteiger partial charge in [-0.15, -0.1) is 11.3 Å². The summed E-state index contributed by atoms with van der Waals surface area (Å²) in [6.45, 7) is 1.65. The largest absolute Gasteiger partial charge is 0.479 e. The van der Waals surface area contributed by atoms with Crippen LogP contribution in [0, 0.1) is 11.3 Å². The van der Waals surface area contributed by atoms with Crippen molar-refractivity contribution >= 4 is 45.4 Å². The molecule has 0 bridgehead atoms. The summed E-state index contributed by atoms with van der Waals surface area (Å²) in [5, 5.41) is 14.0. The van der Waals surface area contributed by atoms with E-state index in [4.69, 9.17) is 27.9 Å². The Bertz CT molecular complexity index is 889. The SMILES string of the molecule is C[C@@H](Oc1ccc(Cl)cc1Cl)C(=O)Nc1sc2c(c1C#N)CCCCCC2. The van der Waals surface area contributed by atoms with Crippen LogP contribution in [0.2, 0.25) is 10.0 Å². The first-order valence-corrected chi connectivity index (χ1v) is 10.5. The number of nitrogens with one attached hydrogen (secondary N) is 1. The second-order valence-corrected chi connectivity index (χ2v) is 8.51. The van der Waals surface area contributed by atoms with Crippen LogP contribution in [0.3, 0.4) is 0 Å². The van der Waals surface area contributed by atoms with E-state index in [0.29, 0.717) is 26.4 Å². The van der Waals surface area contributed by atoms with Crippen LogP contribution in [0.5, 0.6) is 5.75 Å². The third kappa shape index (κ3) is 4.76. The number of ether oxygens (including phenoxy) is 1. The van der Waals surface area contributed by atoms with E-state index in [1.807, 2.05) is 0 Å². The van der Waals surface area contributed by atoms with Crippen LogP contribution in [0.25, 0.3) is 0 Å². The van der Waals surface area contributed by atoms with Gasteiger partial charge in [0.2, 0.25) is 0 Å². The Morgan fingerprint density at radius 1 is 1.26 bits per heavy atom. The quantitative estimate of drug-likeness (QED) is 0.657. The van der Waals surface area contributed by atoms with Gasteiger partial charge in [-0.25, -0.2) is 0 Å². The highest BCUT2D eigenvalue weighted by Gasteiger charge is 2.23. The van der Waals surface area contributed by atoms with E-state index in [-0.39, 0.29) is 5.91 Å². The Balaban J connectivity index is 1.75. The van der Waals surface area contributed by atoms with Gasteiger partial charge in [-0.3, -0.25) is 4.79 Å². The van der Waals surface area contributed by atoms with Gasteiger partial charge in [-0.1, -0.05) is 36.0 Å². The van der Waals surface area contributed by atoms with Crippen molar-refractivity contribution in [2.45, 2.75) is 51.6 Å². The topological polar surface area (TPSA) is 62.1 Å². The van der Waals surface area contributed by atoms with Gasteiger partial charge in [0.05, 0.1) is 10.6 Å². The number of nitriles is 1. The molecule has 4 nitrogen and oxygen atoms in total. The van der Waals surface area contributed by atoms with Crippen molar-refractivity contribution in [1.82, 2.24) is 0 Å². The standard InChI is InChI=1S/C20H20Cl2N2O2S/c1-12(26-17-9-8-13(21)10-16(17)22)19(25)24-20-15(11-23)14-6-4-2-3-5-7-18(14)27-20/h8-10,12H,2-7H2,1H3,(H,24,25)/t12-/m1/s1. The number of carbonyl (C=O) groups excluding carboxylic acids is 1. The number of rotatable bonds is 4. The molecule has 1 aromatic heterocycles. The number of aryl methyl sites for hydroxylation is 1. The van der Waals surface area contributed by atoms with Gasteiger partial charge in [0.1, 0.15) is 16.8 Å². The average molecular weight is 423 g/mol. The lowest BCUT2D eigenvalue weighted by Gasteiger charge is -2.15. The zero-order valence-electron chi connectivity index (χ0n) is 15.0. The van der Waals surface area contributed by atoms with Crippen LogP contribution >= 0.6 is 34.5 Å². The fourth-order valence-corrected chi connectivity index (χ4v) is 4.85. The Kier molecular flexibility index (Phi) is 6.64. The third-order valence-electron chi connectivity index (χ3n) is 4.59. The molecule has 2 aromatic rings. The predicted molar refractivity (Wildman–Crippen MR) is 110 cm³/mol. The van der Waals surface area contributed by atoms with Gasteiger partial charge in [-0.2, -0.15) is 5.26 Å². The first-order chi connectivity index (χ1) is 13.0. The fourth-order valence-electron chi connectivity index (χ4n) is 3.15. The molecule has 0 saturated carbocycles. The first-order valence-electron chi connectivity index (χ1n) is 8.96. The van der Waals surface area contributed by atoms with E-state index in [1.165, 1.54) is 29.1 Å². The lowest BCUT2D eigenvalue weighted by Crippen LogP contribution is -2.30. The number of halogens is 2. The van der Waals surface area contributed by atoms with E-state index < -0.39 is 6.10 Å². The molecule has 1 aliphatic carbocycles. The Morgan fingerprint density at radius 3 is 2.70 bits per heavy atom. The third-order valence-corrected chi connectivity index (χ3v) is 6.32. The van der Waals surface area contributed by atoms with Crippen LogP contribution in [-0.2, 0) is 17.6 Å². The Morgan fingerprint density at radius 2 is 2.00 bits per heavy atom. The summed E-state index contributed by atoms with van der Waals surface area (Å²) >= 11 is 13.5. The second kappa shape index (κ2) is 8.97. The van der Waals surface area contributed by atoms with Crippen LogP contribution in [0.1, 0.15) is 48.6 Å². The summed E-state index contributed by atoms with van der Waals surface area (Å²) in [5.41, 5.74) is 1.70. The number of nitrogens with zero attached hydrogens (tertiary/aromatic N) is 1. The zero-order chi connectivity index (χ0) is 19.4. The summed E-state index contributed by atoms with van der Waals surface area (Å²) in [5.74, 6) is 0.0782. The van der Waals surface area contributed by atoms with Crippen molar-refractivity contribution < 1.29 is 9.53 Å². The summed E-state index contributed by atoms with van der Waals surface area (Å²) in [6, 6.07) is 7.13. The smallest absolute Gasteiger partial charge is 0.265 e. The average Bonchev–Trinajstić information content (AvgIpc) is 2.92. The minimum absolute atomic E-state index is 0.313. The fraction of sp³-hybridized carbons (Fsp3) is 0.400. The van der Waals surface area contributed by atoms with Gasteiger partial charge in [0, 0.05) is 9.90 Å². The van der Waals surface area contributed by atoms with E-state index in [0.717, 1.165) is 31.2 Å². The highest BCUT2D eigenvalue weighted by Crippen LogP contribution is 2.37. The number of carbonyl (C=O) groups is 1. The molecular formula is C20H20Cl2N2O2S. The first kappa shape index (κ1) is 20.0. The summed E-state index contributed by atoms with van der Waals surface area (Å²) in [7, 11) is 0. The lowest BCUT2D eigenvalue weighted by atomic mass is 9.97. The van der Waals surface area contributed by atoms with Gasteiger partial charge >= 0.3 is 0 Å². The molecule has 0 aliphatic heterocycles. The Labute approximate surface area is 173 Å². The molecular weight excluding hydrogens is 403 g/mol. The number of fused-ring (bicyclic) bond motifs is 1. The molecule has 1 N–H and O–H groups in total. The minimum Gasteiger partial charge on any atom is -0.479 e. The predicted octanol–water partition coefficient (Wildman–Crippen LogP) is 5.99. The molecule has 0 fully saturated rings. The number of benzene rings is 1. The summed E-state index contributed by atoms with van der Waals surface area (Å²) in [4.78, 5) is 13.8. The maximum Gasteiger partial charge on any atom is 0.265 e. The normalized spacial score (nSPS) is 15.0. The highest BCUT2D eigenvalue weighted by atomic mass is 35.5. The second-order valence-electron chi connectivity index (χ2n) is 6.56. The molecule has 0 saturated heterocycles. The van der Waals surface area contributed by atoms with Crippen LogP contribution in [0.4, 0.5) is 5.00 Å². The van der Waals surface area contributed by atoms with Gasteiger partial charge in [0.25, 0.3) is 5.91 Å². The molecule has 142 valence electrons. The Hall–Kier alpha value is -1.74. The molecule has 0 radical (unpaired) electrons.